The van der Waals surface area contributed by atoms with Crippen LogP contribution >= 0.6 is 11.6 Å². The first-order chi connectivity index (χ1) is 9.54. The quantitative estimate of drug-likeness (QED) is 0.866. The van der Waals surface area contributed by atoms with E-state index in [0.717, 1.165) is 37.5 Å². The van der Waals surface area contributed by atoms with Gasteiger partial charge < -0.3 is 5.11 Å². The third-order valence-electron chi connectivity index (χ3n) is 6.04. The second kappa shape index (κ2) is 4.45. The summed E-state index contributed by atoms with van der Waals surface area (Å²) in [4.78, 5) is 0. The Morgan fingerprint density at radius 1 is 1.10 bits per heavy atom. The Labute approximate surface area is 124 Å². The monoisotopic (exact) mass is 294 g/mol. The van der Waals surface area contributed by atoms with Crippen molar-refractivity contribution in [2.24, 2.45) is 23.7 Å². The lowest BCUT2D eigenvalue weighted by atomic mass is 9.49. The second-order valence-electron chi connectivity index (χ2n) is 7.21. The van der Waals surface area contributed by atoms with E-state index >= 15 is 0 Å². The van der Waals surface area contributed by atoms with E-state index in [-0.39, 0.29) is 5.82 Å². The molecule has 1 aromatic carbocycles. The molecular formula is C17H20ClFO. The van der Waals surface area contributed by atoms with Crippen LogP contribution in [0, 0.1) is 29.5 Å². The third kappa shape index (κ3) is 1.92. The lowest BCUT2D eigenvalue weighted by molar-refractivity contribution is -0.172. The number of halogens is 2. The van der Waals surface area contributed by atoms with Crippen LogP contribution in [0.5, 0.6) is 0 Å². The van der Waals surface area contributed by atoms with Crippen molar-refractivity contribution in [1.29, 1.82) is 0 Å². The van der Waals surface area contributed by atoms with E-state index in [4.69, 9.17) is 11.6 Å². The minimum absolute atomic E-state index is 0.278. The van der Waals surface area contributed by atoms with Crippen LogP contribution in [0.15, 0.2) is 18.2 Å². The molecule has 0 amide bonds. The highest BCUT2D eigenvalue weighted by Crippen LogP contribution is 2.59. The maximum atomic E-state index is 14.0. The molecule has 1 aromatic rings. The van der Waals surface area contributed by atoms with Crippen LogP contribution in [-0.4, -0.2) is 10.7 Å². The highest BCUT2D eigenvalue weighted by molar-refractivity contribution is 6.30. The van der Waals surface area contributed by atoms with E-state index in [1.807, 2.05) is 0 Å². The zero-order valence-electron chi connectivity index (χ0n) is 11.5. The van der Waals surface area contributed by atoms with Crippen LogP contribution in [0.1, 0.15) is 37.7 Å². The summed E-state index contributed by atoms with van der Waals surface area (Å²) in [6.45, 7) is 0. The predicted octanol–water partition coefficient (Wildman–Crippen LogP) is 4.21. The summed E-state index contributed by atoms with van der Waals surface area (Å²) in [5.41, 5.74) is -0.0772. The van der Waals surface area contributed by atoms with Gasteiger partial charge in [0.1, 0.15) is 5.82 Å². The Morgan fingerprint density at radius 2 is 1.70 bits per heavy atom. The summed E-state index contributed by atoms with van der Waals surface area (Å²) in [5.74, 6) is 2.09. The first kappa shape index (κ1) is 13.1. The van der Waals surface area contributed by atoms with Crippen LogP contribution in [-0.2, 0) is 6.42 Å². The molecule has 3 heteroatoms. The van der Waals surface area contributed by atoms with Crippen LogP contribution in [0.2, 0.25) is 5.02 Å². The molecule has 1 nitrogen and oxygen atoms in total. The van der Waals surface area contributed by atoms with Crippen molar-refractivity contribution >= 4 is 11.6 Å². The number of hydrogen-bond acceptors (Lipinski definition) is 1. The fourth-order valence-corrected chi connectivity index (χ4v) is 5.42. The maximum absolute atomic E-state index is 14.0. The third-order valence-corrected chi connectivity index (χ3v) is 6.28. The molecule has 4 bridgehead atoms. The van der Waals surface area contributed by atoms with Crippen LogP contribution < -0.4 is 0 Å². The van der Waals surface area contributed by atoms with Crippen LogP contribution in [0.3, 0.4) is 0 Å². The highest BCUT2D eigenvalue weighted by atomic mass is 35.5. The molecule has 0 atom stereocenters. The van der Waals surface area contributed by atoms with Crippen molar-refractivity contribution in [1.82, 2.24) is 0 Å². The molecule has 1 N–H and O–H groups in total. The highest BCUT2D eigenvalue weighted by Gasteiger charge is 2.56. The molecule has 108 valence electrons. The molecule has 4 aliphatic carbocycles. The first-order valence-corrected chi connectivity index (χ1v) is 8.08. The van der Waals surface area contributed by atoms with Gasteiger partial charge in [0, 0.05) is 11.4 Å². The largest absolute Gasteiger partial charge is 0.389 e. The van der Waals surface area contributed by atoms with Crippen molar-refractivity contribution < 1.29 is 9.50 Å². The standard InChI is InChI=1S/C17H20ClFO/c18-15-2-1-12(16(19)8-15)9-17(20)13-4-10-3-11(6-13)7-14(17)5-10/h1-2,8,10-11,13-14,20H,3-7,9H2. The van der Waals surface area contributed by atoms with Crippen LogP contribution in [0.4, 0.5) is 4.39 Å². The van der Waals surface area contributed by atoms with E-state index in [2.05, 4.69) is 0 Å². The van der Waals surface area contributed by atoms with Gasteiger partial charge in [-0.3, -0.25) is 0 Å². The molecule has 20 heavy (non-hydrogen) atoms. The van der Waals surface area contributed by atoms with Gasteiger partial charge in [-0.25, -0.2) is 4.39 Å². The molecule has 4 fully saturated rings. The molecule has 4 saturated carbocycles. The van der Waals surface area contributed by atoms with Crippen LogP contribution in [0.25, 0.3) is 0 Å². The zero-order chi connectivity index (χ0) is 13.9. The van der Waals surface area contributed by atoms with E-state index in [1.54, 1.807) is 12.1 Å². The fourth-order valence-electron chi connectivity index (χ4n) is 5.26. The summed E-state index contributed by atoms with van der Waals surface area (Å²) in [5, 5.41) is 11.7. The molecule has 4 aliphatic rings. The van der Waals surface area contributed by atoms with E-state index in [9.17, 15) is 9.50 Å². The number of aliphatic hydroxyl groups is 1. The molecule has 0 radical (unpaired) electrons. The van der Waals surface area contributed by atoms with Crippen molar-refractivity contribution in [2.45, 2.75) is 44.1 Å². The molecule has 0 heterocycles. The molecular weight excluding hydrogens is 275 g/mol. The van der Waals surface area contributed by atoms with E-state index in [1.165, 1.54) is 12.5 Å². The lowest BCUT2D eigenvalue weighted by Crippen LogP contribution is -2.58. The molecule has 0 spiro atoms. The van der Waals surface area contributed by atoms with Gasteiger partial charge in [-0.15, -0.1) is 0 Å². The van der Waals surface area contributed by atoms with Crippen molar-refractivity contribution in [3.63, 3.8) is 0 Å². The predicted molar refractivity (Wildman–Crippen MR) is 77.1 cm³/mol. The molecule has 0 aliphatic heterocycles. The summed E-state index contributed by atoms with van der Waals surface area (Å²) >= 11 is 5.81. The molecule has 0 unspecified atom stereocenters. The van der Waals surface area contributed by atoms with Gasteiger partial charge in [0.05, 0.1) is 5.60 Å². The molecule has 0 aromatic heterocycles. The Bertz CT molecular complexity index is 514. The summed E-state index contributed by atoms with van der Waals surface area (Å²) < 4.78 is 14.0. The van der Waals surface area contributed by atoms with Gasteiger partial charge in [-0.1, -0.05) is 17.7 Å². The Morgan fingerprint density at radius 3 is 2.25 bits per heavy atom. The number of rotatable bonds is 2. The average Bonchev–Trinajstić information content (AvgIpc) is 2.39. The molecule has 0 saturated heterocycles. The smallest absolute Gasteiger partial charge is 0.127 e. The summed E-state index contributed by atoms with van der Waals surface area (Å²) in [7, 11) is 0. The Hall–Kier alpha value is -0.600. The number of benzene rings is 1. The van der Waals surface area contributed by atoms with Crippen molar-refractivity contribution in [3.8, 4) is 0 Å². The normalized spacial score (nSPS) is 42.1. The zero-order valence-corrected chi connectivity index (χ0v) is 12.2. The fraction of sp³-hybridized carbons (Fsp3) is 0.647. The minimum Gasteiger partial charge on any atom is -0.389 e. The first-order valence-electron chi connectivity index (χ1n) is 7.71. The van der Waals surface area contributed by atoms with E-state index < -0.39 is 5.60 Å². The van der Waals surface area contributed by atoms with Gasteiger partial charge in [-0.05, 0) is 73.5 Å². The molecule has 5 rings (SSSR count). The Kier molecular flexibility index (Phi) is 2.91. The van der Waals surface area contributed by atoms with Crippen molar-refractivity contribution in [2.75, 3.05) is 0 Å². The number of hydrogen-bond donors (Lipinski definition) is 1. The van der Waals surface area contributed by atoms with Crippen molar-refractivity contribution in [3.05, 3.63) is 34.6 Å². The van der Waals surface area contributed by atoms with Gasteiger partial charge in [0.25, 0.3) is 0 Å². The topological polar surface area (TPSA) is 20.2 Å². The summed E-state index contributed by atoms with van der Waals surface area (Å²) in [6.07, 6.45) is 6.36. The minimum atomic E-state index is -0.692. The lowest BCUT2D eigenvalue weighted by Gasteiger charge is -2.59. The Balaban J connectivity index is 1.64. The second-order valence-corrected chi connectivity index (χ2v) is 7.64. The average molecular weight is 295 g/mol. The SMILES string of the molecule is OC1(Cc2ccc(Cl)cc2F)C2CC3CC(C2)CC1C3. The maximum Gasteiger partial charge on any atom is 0.127 e. The van der Waals surface area contributed by atoms with E-state index in [0.29, 0.717) is 28.8 Å². The van der Waals surface area contributed by atoms with Gasteiger partial charge in [-0.2, -0.15) is 0 Å². The summed E-state index contributed by atoms with van der Waals surface area (Å²) in [6, 6.07) is 4.82. The van der Waals surface area contributed by atoms with Gasteiger partial charge >= 0.3 is 0 Å². The van der Waals surface area contributed by atoms with Gasteiger partial charge in [0.15, 0.2) is 0 Å². The van der Waals surface area contributed by atoms with Gasteiger partial charge in [0.2, 0.25) is 0 Å².